The monoisotopic (exact) mass is 436 g/mol. The Labute approximate surface area is 188 Å². The van der Waals surface area contributed by atoms with Crippen molar-refractivity contribution in [3.8, 4) is 11.5 Å². The summed E-state index contributed by atoms with van der Waals surface area (Å²) in [6.45, 7) is 6.84. The first-order valence-corrected chi connectivity index (χ1v) is 11.9. The third kappa shape index (κ3) is 5.47. The maximum absolute atomic E-state index is 10.3. The molecule has 3 nitrogen and oxygen atoms in total. The molecular formula is C27H33O3P. The van der Waals surface area contributed by atoms with Crippen LogP contribution in [0.5, 0.6) is 11.5 Å². The van der Waals surface area contributed by atoms with E-state index in [-0.39, 0.29) is 5.16 Å². The van der Waals surface area contributed by atoms with Gasteiger partial charge in [-0.25, -0.2) is 0 Å². The molecule has 2 atom stereocenters. The number of benzene rings is 3. The molecule has 0 aromatic heterocycles. The smallest absolute Gasteiger partial charge is 0.124 e. The van der Waals surface area contributed by atoms with E-state index in [0.29, 0.717) is 15.2 Å². The van der Waals surface area contributed by atoms with Crippen molar-refractivity contribution in [3.05, 3.63) is 89.5 Å². The largest absolute Gasteiger partial charge is 0.497 e. The molecule has 0 amide bonds. The first kappa shape index (κ1) is 23.3. The highest BCUT2D eigenvalue weighted by Gasteiger charge is 2.33. The predicted octanol–water partition coefficient (Wildman–Crippen LogP) is 6.35. The van der Waals surface area contributed by atoms with Gasteiger partial charge in [-0.3, -0.25) is 0 Å². The zero-order chi connectivity index (χ0) is 22.3. The summed E-state index contributed by atoms with van der Waals surface area (Å²) in [6.07, 6.45) is 1.44. The average Bonchev–Trinajstić information content (AvgIpc) is 2.82. The van der Waals surface area contributed by atoms with Crippen LogP contribution in [0.4, 0.5) is 0 Å². The number of aliphatic hydroxyl groups is 1. The number of rotatable bonds is 10. The first-order chi connectivity index (χ1) is 15.0. The Bertz CT molecular complexity index is 965. The molecule has 0 bridgehead atoms. The van der Waals surface area contributed by atoms with E-state index in [0.717, 1.165) is 35.5 Å². The van der Waals surface area contributed by atoms with E-state index >= 15 is 0 Å². The van der Waals surface area contributed by atoms with Crippen LogP contribution in [0.15, 0.2) is 72.8 Å². The minimum absolute atomic E-state index is 0.106. The Morgan fingerprint density at radius 1 is 0.935 bits per heavy atom. The third-order valence-corrected chi connectivity index (χ3v) is 8.11. The number of ether oxygens (including phenoxy) is 2. The summed E-state index contributed by atoms with van der Waals surface area (Å²) in [5.41, 5.74) is 3.32. The highest BCUT2D eigenvalue weighted by atomic mass is 31.1. The van der Waals surface area contributed by atoms with Crippen molar-refractivity contribution in [1.29, 1.82) is 0 Å². The van der Waals surface area contributed by atoms with Crippen LogP contribution in [-0.4, -0.2) is 12.2 Å². The normalized spacial score (nSPS) is 12.8. The summed E-state index contributed by atoms with van der Waals surface area (Å²) in [5.74, 6) is 1.73. The number of hydrogen-bond donors (Lipinski definition) is 1. The van der Waals surface area contributed by atoms with Gasteiger partial charge in [-0.05, 0) is 54.4 Å². The van der Waals surface area contributed by atoms with Crippen LogP contribution in [0.3, 0.4) is 0 Å². The van der Waals surface area contributed by atoms with Gasteiger partial charge in [0.15, 0.2) is 0 Å². The van der Waals surface area contributed by atoms with Gasteiger partial charge in [0, 0.05) is 10.7 Å². The van der Waals surface area contributed by atoms with Gasteiger partial charge in [0.05, 0.1) is 13.2 Å². The summed E-state index contributed by atoms with van der Waals surface area (Å²) in [4.78, 5) is 0. The maximum atomic E-state index is 10.3. The Morgan fingerprint density at radius 3 is 2.26 bits per heavy atom. The van der Waals surface area contributed by atoms with E-state index in [1.165, 1.54) is 10.9 Å². The first-order valence-electron chi connectivity index (χ1n) is 10.9. The summed E-state index contributed by atoms with van der Waals surface area (Å²) in [6, 6.07) is 24.6. The van der Waals surface area contributed by atoms with Crippen LogP contribution >= 0.6 is 8.58 Å². The molecule has 0 aliphatic carbocycles. The van der Waals surface area contributed by atoms with Crippen molar-refractivity contribution in [2.45, 2.75) is 51.5 Å². The topological polar surface area (TPSA) is 38.7 Å². The van der Waals surface area contributed by atoms with Gasteiger partial charge < -0.3 is 14.6 Å². The third-order valence-electron chi connectivity index (χ3n) is 5.93. The molecule has 1 N–H and O–H groups in total. The van der Waals surface area contributed by atoms with Crippen LogP contribution in [-0.2, 0) is 11.8 Å². The lowest BCUT2D eigenvalue weighted by Gasteiger charge is -2.35. The van der Waals surface area contributed by atoms with Gasteiger partial charge in [0.25, 0.3) is 0 Å². The standard InChI is InChI=1S/C27H33O3P/c1-5-27(6-2,31-26-15-11-10-14-23(26)20(3)28)24-18-22(29-4)16-17-25(24)30-19-21-12-8-7-9-13-21/h7-18,20,28,31H,5-6,19H2,1-4H3. The Hall–Kier alpha value is -2.35. The zero-order valence-corrected chi connectivity index (χ0v) is 19.9. The summed E-state index contributed by atoms with van der Waals surface area (Å²) >= 11 is 0. The molecule has 0 radical (unpaired) electrons. The number of aliphatic hydroxyl groups excluding tert-OH is 1. The molecule has 3 rings (SSSR count). The van der Waals surface area contributed by atoms with Gasteiger partial charge in [0.1, 0.15) is 18.1 Å². The fourth-order valence-corrected chi connectivity index (χ4v) is 5.79. The van der Waals surface area contributed by atoms with Crippen LogP contribution in [0.1, 0.15) is 56.4 Å². The second-order valence-corrected chi connectivity index (χ2v) is 9.56. The lowest BCUT2D eigenvalue weighted by atomic mass is 9.91. The molecular weight excluding hydrogens is 403 g/mol. The van der Waals surface area contributed by atoms with Crippen molar-refractivity contribution >= 4 is 13.9 Å². The second kappa shape index (κ2) is 10.8. The highest BCUT2D eigenvalue weighted by molar-refractivity contribution is 7.48. The van der Waals surface area contributed by atoms with Gasteiger partial charge >= 0.3 is 0 Å². The molecule has 2 unspecified atom stereocenters. The van der Waals surface area contributed by atoms with Crippen LogP contribution < -0.4 is 14.8 Å². The van der Waals surface area contributed by atoms with Gasteiger partial charge in [-0.2, -0.15) is 0 Å². The van der Waals surface area contributed by atoms with Gasteiger partial charge in [0.2, 0.25) is 0 Å². The maximum Gasteiger partial charge on any atom is 0.124 e. The predicted molar refractivity (Wildman–Crippen MR) is 131 cm³/mol. The molecule has 3 aromatic rings. The Kier molecular flexibility index (Phi) is 8.12. The molecule has 31 heavy (non-hydrogen) atoms. The molecule has 0 aliphatic rings. The minimum atomic E-state index is -0.491. The van der Waals surface area contributed by atoms with E-state index < -0.39 is 6.10 Å². The van der Waals surface area contributed by atoms with Crippen molar-refractivity contribution in [3.63, 3.8) is 0 Å². The SMILES string of the molecule is CCC(CC)(Pc1ccccc1C(C)O)c1cc(OC)ccc1OCc1ccccc1. The lowest BCUT2D eigenvalue weighted by molar-refractivity contribution is 0.200. The van der Waals surface area contributed by atoms with Crippen molar-refractivity contribution in [1.82, 2.24) is 0 Å². The molecule has 0 heterocycles. The molecule has 164 valence electrons. The van der Waals surface area contributed by atoms with E-state index in [2.05, 4.69) is 44.2 Å². The lowest BCUT2D eigenvalue weighted by Crippen LogP contribution is -2.24. The van der Waals surface area contributed by atoms with Crippen LogP contribution in [0.2, 0.25) is 0 Å². The molecule has 0 aliphatic heterocycles. The van der Waals surface area contributed by atoms with Crippen molar-refractivity contribution in [2.24, 2.45) is 0 Å². The van der Waals surface area contributed by atoms with Crippen LogP contribution in [0.25, 0.3) is 0 Å². The zero-order valence-electron chi connectivity index (χ0n) is 18.9. The fourth-order valence-electron chi connectivity index (χ4n) is 3.98. The number of hydrogen-bond acceptors (Lipinski definition) is 3. The van der Waals surface area contributed by atoms with E-state index in [9.17, 15) is 5.11 Å². The Morgan fingerprint density at radius 2 is 1.61 bits per heavy atom. The average molecular weight is 437 g/mol. The van der Waals surface area contributed by atoms with Gasteiger partial charge in [-0.15, -0.1) is 0 Å². The van der Waals surface area contributed by atoms with Crippen molar-refractivity contribution < 1.29 is 14.6 Å². The van der Waals surface area contributed by atoms with Crippen molar-refractivity contribution in [2.75, 3.05) is 7.11 Å². The molecule has 0 spiro atoms. The summed E-state index contributed by atoms with van der Waals surface area (Å²) < 4.78 is 11.9. The van der Waals surface area contributed by atoms with E-state index in [1.54, 1.807) is 7.11 Å². The van der Waals surface area contributed by atoms with Gasteiger partial charge in [-0.1, -0.05) is 77.0 Å². The fraction of sp³-hybridized carbons (Fsp3) is 0.333. The summed E-state index contributed by atoms with van der Waals surface area (Å²) in [7, 11) is 2.21. The van der Waals surface area contributed by atoms with Crippen LogP contribution in [0, 0.1) is 0 Å². The molecule has 3 aromatic carbocycles. The van der Waals surface area contributed by atoms with E-state index in [4.69, 9.17) is 9.47 Å². The minimum Gasteiger partial charge on any atom is -0.497 e. The molecule has 4 heteroatoms. The molecule has 0 saturated carbocycles. The summed E-state index contributed by atoms with van der Waals surface area (Å²) in [5, 5.41) is 11.4. The second-order valence-electron chi connectivity index (χ2n) is 7.81. The molecule has 0 fully saturated rings. The quantitative estimate of drug-likeness (QED) is 0.377. The Balaban J connectivity index is 2.02. The molecule has 0 saturated heterocycles. The van der Waals surface area contributed by atoms with E-state index in [1.807, 2.05) is 49.4 Å². The number of methoxy groups -OCH3 is 1. The highest BCUT2D eigenvalue weighted by Crippen LogP contribution is 2.51.